The van der Waals surface area contributed by atoms with E-state index in [0.29, 0.717) is 45.4 Å². The predicted octanol–water partition coefficient (Wildman–Crippen LogP) is 3.68. The van der Waals surface area contributed by atoms with Gasteiger partial charge in [-0.15, -0.1) is 0 Å². The third-order valence-electron chi connectivity index (χ3n) is 3.77. The van der Waals surface area contributed by atoms with Crippen molar-refractivity contribution in [3.63, 3.8) is 0 Å². The van der Waals surface area contributed by atoms with E-state index in [9.17, 15) is 9.90 Å². The summed E-state index contributed by atoms with van der Waals surface area (Å²) in [5.41, 5.74) is 1.16. The Hall–Kier alpha value is -1.15. The molecule has 0 radical (unpaired) electrons. The number of allylic oxidation sites excluding steroid dienone is 3. The van der Waals surface area contributed by atoms with Gasteiger partial charge in [-0.3, -0.25) is 0 Å². The number of hydrogen-bond acceptors (Lipinski definition) is 4. The minimum Gasteiger partial charge on any atom is -0.465 e. The molecule has 0 saturated carbocycles. The Morgan fingerprint density at radius 3 is 2.29 bits per heavy atom. The van der Waals surface area contributed by atoms with E-state index in [2.05, 4.69) is 6.08 Å². The topological polar surface area (TPSA) is 68.2 Å². The van der Waals surface area contributed by atoms with E-state index in [1.54, 1.807) is 0 Å². The van der Waals surface area contributed by atoms with Gasteiger partial charge in [0.1, 0.15) is 0 Å². The molecule has 1 aliphatic rings. The molecule has 0 unspecified atom stereocenters. The van der Waals surface area contributed by atoms with Crippen LogP contribution in [0.4, 0.5) is 4.79 Å². The predicted molar refractivity (Wildman–Crippen MR) is 96.1 cm³/mol. The number of carbonyl (C=O) groups is 1. The van der Waals surface area contributed by atoms with Crippen molar-refractivity contribution in [2.75, 3.05) is 32.9 Å². The first kappa shape index (κ1) is 20.9. The number of carboxylic acid groups (broad SMARTS) is 1. The first-order chi connectivity index (χ1) is 11.6. The molecule has 7 heteroatoms. The summed E-state index contributed by atoms with van der Waals surface area (Å²) < 4.78 is 17.4. The molecule has 1 rings (SSSR count). The SMILES string of the molecule is CCO[Si](CCCN(CC1=CC=CCC1)C(=O)O)(OCC)OCC. The highest BCUT2D eigenvalue weighted by Gasteiger charge is 2.39. The number of nitrogens with zero attached hydrogens (tertiary/aromatic N) is 1. The maximum Gasteiger partial charge on any atom is 0.500 e. The molecule has 1 N–H and O–H groups in total. The molecular formula is C17H31NO5Si. The number of rotatable bonds is 12. The third kappa shape index (κ3) is 7.17. The second kappa shape index (κ2) is 11.4. The molecule has 0 aromatic rings. The minimum absolute atomic E-state index is 0.457. The van der Waals surface area contributed by atoms with E-state index in [1.165, 1.54) is 4.90 Å². The fourth-order valence-electron chi connectivity index (χ4n) is 2.76. The lowest BCUT2D eigenvalue weighted by Gasteiger charge is -2.29. The summed E-state index contributed by atoms with van der Waals surface area (Å²) in [4.78, 5) is 13.0. The Kier molecular flexibility index (Phi) is 9.93. The summed E-state index contributed by atoms with van der Waals surface area (Å²) in [5, 5.41) is 9.44. The molecule has 0 fully saturated rings. The maximum absolute atomic E-state index is 11.5. The summed E-state index contributed by atoms with van der Waals surface area (Å²) in [7, 11) is -2.69. The van der Waals surface area contributed by atoms with Crippen LogP contribution in [0.2, 0.25) is 6.04 Å². The average molecular weight is 358 g/mol. The van der Waals surface area contributed by atoms with E-state index < -0.39 is 14.9 Å². The van der Waals surface area contributed by atoms with Crippen LogP contribution in [0.5, 0.6) is 0 Å². The monoisotopic (exact) mass is 357 g/mol. The van der Waals surface area contributed by atoms with Crippen molar-refractivity contribution >= 4 is 14.9 Å². The van der Waals surface area contributed by atoms with Gasteiger partial charge >= 0.3 is 14.9 Å². The summed E-state index contributed by atoms with van der Waals surface area (Å²) in [6.07, 6.45) is 7.80. The molecule has 0 saturated heterocycles. The number of amides is 1. The van der Waals surface area contributed by atoms with Gasteiger partial charge in [-0.1, -0.05) is 23.8 Å². The maximum atomic E-state index is 11.5. The highest BCUT2D eigenvalue weighted by molar-refractivity contribution is 6.60. The van der Waals surface area contributed by atoms with Gasteiger partial charge in [-0.05, 0) is 40.0 Å². The second-order valence-electron chi connectivity index (χ2n) is 5.58. The van der Waals surface area contributed by atoms with Crippen molar-refractivity contribution in [1.82, 2.24) is 4.90 Å². The van der Waals surface area contributed by atoms with Gasteiger partial charge in [-0.2, -0.15) is 0 Å². The van der Waals surface area contributed by atoms with E-state index in [4.69, 9.17) is 13.3 Å². The van der Waals surface area contributed by atoms with Crippen LogP contribution >= 0.6 is 0 Å². The van der Waals surface area contributed by atoms with Crippen LogP contribution in [-0.4, -0.2) is 57.8 Å². The summed E-state index contributed by atoms with van der Waals surface area (Å²) in [6.45, 7) is 8.30. The molecule has 0 atom stereocenters. The molecule has 0 aromatic heterocycles. The molecule has 0 spiro atoms. The highest BCUT2D eigenvalue weighted by Crippen LogP contribution is 2.19. The molecule has 1 aliphatic carbocycles. The lowest BCUT2D eigenvalue weighted by atomic mass is 10.0. The zero-order chi connectivity index (χ0) is 17.8. The van der Waals surface area contributed by atoms with Crippen molar-refractivity contribution in [2.24, 2.45) is 0 Å². The Balaban J connectivity index is 2.59. The van der Waals surface area contributed by atoms with Gasteiger partial charge in [-0.25, -0.2) is 4.79 Å². The van der Waals surface area contributed by atoms with Crippen LogP contribution in [0.25, 0.3) is 0 Å². The largest absolute Gasteiger partial charge is 0.500 e. The zero-order valence-corrected chi connectivity index (χ0v) is 16.1. The van der Waals surface area contributed by atoms with Gasteiger partial charge in [0.05, 0.1) is 0 Å². The third-order valence-corrected chi connectivity index (χ3v) is 6.92. The van der Waals surface area contributed by atoms with Gasteiger partial charge in [0.15, 0.2) is 0 Å². The van der Waals surface area contributed by atoms with E-state index >= 15 is 0 Å². The first-order valence-corrected chi connectivity index (χ1v) is 10.7. The normalized spacial score (nSPS) is 14.5. The molecule has 138 valence electrons. The molecule has 0 aliphatic heterocycles. The van der Waals surface area contributed by atoms with Crippen LogP contribution in [0.3, 0.4) is 0 Å². The van der Waals surface area contributed by atoms with E-state index in [0.717, 1.165) is 18.4 Å². The van der Waals surface area contributed by atoms with Gasteiger partial charge in [0.2, 0.25) is 0 Å². The summed E-state index contributed by atoms with van der Waals surface area (Å²) >= 11 is 0. The van der Waals surface area contributed by atoms with Crippen LogP contribution in [0, 0.1) is 0 Å². The number of hydrogen-bond donors (Lipinski definition) is 1. The molecular weight excluding hydrogens is 326 g/mol. The van der Waals surface area contributed by atoms with Gasteiger partial charge in [0.25, 0.3) is 0 Å². The van der Waals surface area contributed by atoms with Crippen molar-refractivity contribution in [3.8, 4) is 0 Å². The standard InChI is InChI=1S/C17H31NO5Si/c1-4-21-24(22-5-2,23-6-3)14-10-13-18(17(19)20)15-16-11-8-7-9-12-16/h7-8,11H,4-6,9-10,12-15H2,1-3H3,(H,19,20). The summed E-state index contributed by atoms with van der Waals surface area (Å²) in [6, 6.07) is 0.630. The van der Waals surface area contributed by atoms with E-state index in [-0.39, 0.29) is 0 Å². The molecule has 0 aromatic carbocycles. The van der Waals surface area contributed by atoms with Crippen LogP contribution in [0.1, 0.15) is 40.0 Å². The van der Waals surface area contributed by atoms with Crippen LogP contribution < -0.4 is 0 Å². The Labute approximate surface area is 146 Å². The fraction of sp³-hybridized carbons (Fsp3) is 0.706. The van der Waals surface area contributed by atoms with Crippen molar-refractivity contribution in [2.45, 2.75) is 46.1 Å². The summed E-state index contributed by atoms with van der Waals surface area (Å²) in [5.74, 6) is 0. The smallest absolute Gasteiger partial charge is 0.465 e. The quantitative estimate of drug-likeness (QED) is 0.540. The van der Waals surface area contributed by atoms with Crippen molar-refractivity contribution in [1.29, 1.82) is 0 Å². The zero-order valence-electron chi connectivity index (χ0n) is 15.1. The highest BCUT2D eigenvalue weighted by atomic mass is 28.4. The molecule has 1 amide bonds. The lowest BCUT2D eigenvalue weighted by molar-refractivity contribution is 0.0697. The Morgan fingerprint density at radius 1 is 1.21 bits per heavy atom. The van der Waals surface area contributed by atoms with E-state index in [1.807, 2.05) is 32.9 Å². The molecule has 0 bridgehead atoms. The van der Waals surface area contributed by atoms with Gasteiger partial charge < -0.3 is 23.3 Å². The Morgan fingerprint density at radius 2 is 1.83 bits per heavy atom. The Bertz CT molecular complexity index is 422. The lowest BCUT2D eigenvalue weighted by Crippen LogP contribution is -2.46. The fourth-order valence-corrected chi connectivity index (χ4v) is 5.35. The van der Waals surface area contributed by atoms with Crippen LogP contribution in [0.15, 0.2) is 23.8 Å². The molecule has 6 nitrogen and oxygen atoms in total. The van der Waals surface area contributed by atoms with Crippen LogP contribution in [-0.2, 0) is 13.3 Å². The minimum atomic E-state index is -2.69. The average Bonchev–Trinajstić information content (AvgIpc) is 2.55. The van der Waals surface area contributed by atoms with Gasteiger partial charge in [0, 0.05) is 39.0 Å². The first-order valence-electron chi connectivity index (χ1n) is 8.81. The van der Waals surface area contributed by atoms with Crippen molar-refractivity contribution < 1.29 is 23.2 Å². The second-order valence-corrected chi connectivity index (χ2v) is 8.31. The van der Waals surface area contributed by atoms with Crippen molar-refractivity contribution in [3.05, 3.63) is 23.8 Å². The molecule has 0 heterocycles. The molecule has 24 heavy (non-hydrogen) atoms.